The summed E-state index contributed by atoms with van der Waals surface area (Å²) in [5.74, 6) is 0.0315. The Hall–Kier alpha value is -2.96. The van der Waals surface area contributed by atoms with E-state index in [9.17, 15) is 4.79 Å². The number of hydrogen-bond donors (Lipinski definition) is 0. The summed E-state index contributed by atoms with van der Waals surface area (Å²) in [6, 6.07) is 12.1. The summed E-state index contributed by atoms with van der Waals surface area (Å²) in [5, 5.41) is 12.9. The van der Waals surface area contributed by atoms with Crippen LogP contribution < -0.4 is 0 Å². The van der Waals surface area contributed by atoms with Gasteiger partial charge in [0.15, 0.2) is 0 Å². The monoisotopic (exact) mass is 336 g/mol. The van der Waals surface area contributed by atoms with E-state index in [1.54, 1.807) is 21.9 Å². The number of aromatic nitrogens is 5. The molecule has 7 heteroatoms. The molecule has 1 aromatic carbocycles. The maximum absolute atomic E-state index is 12.9. The molecule has 0 unspecified atom stereocenters. The molecule has 0 atom stereocenters. The molecule has 4 rings (SSSR count). The van der Waals surface area contributed by atoms with Gasteiger partial charge in [0.2, 0.25) is 0 Å². The molecule has 7 nitrogen and oxygen atoms in total. The van der Waals surface area contributed by atoms with E-state index in [1.165, 1.54) is 0 Å². The van der Waals surface area contributed by atoms with Crippen LogP contribution in [0.4, 0.5) is 0 Å². The summed E-state index contributed by atoms with van der Waals surface area (Å²) in [6.45, 7) is 1.41. The molecule has 0 bridgehead atoms. The number of likely N-dealkylation sites (tertiary alicyclic amines) is 1. The summed E-state index contributed by atoms with van der Waals surface area (Å²) in [7, 11) is 1.82. The van der Waals surface area contributed by atoms with Crippen molar-refractivity contribution in [3.63, 3.8) is 0 Å². The summed E-state index contributed by atoms with van der Waals surface area (Å²) in [5.41, 5.74) is 2.46. The van der Waals surface area contributed by atoms with Crippen LogP contribution in [0.2, 0.25) is 0 Å². The van der Waals surface area contributed by atoms with Gasteiger partial charge < -0.3 is 4.90 Å². The molecule has 1 aliphatic rings. The normalized spacial score (nSPS) is 15.5. The standard InChI is InChI=1S/C18H20N6O/c1-22-17(13-16(21-22)14-5-3-2-4-6-14)18(25)23-11-7-15(8-12-23)24-19-9-10-20-24/h2-6,9-10,13,15H,7-8,11-12H2,1H3. The lowest BCUT2D eigenvalue weighted by atomic mass is 10.1. The zero-order valence-electron chi connectivity index (χ0n) is 14.1. The number of piperidine rings is 1. The van der Waals surface area contributed by atoms with E-state index in [0.717, 1.165) is 24.1 Å². The fraction of sp³-hybridized carbons (Fsp3) is 0.333. The van der Waals surface area contributed by atoms with E-state index < -0.39 is 0 Å². The number of aryl methyl sites for hydroxylation is 1. The van der Waals surface area contributed by atoms with Gasteiger partial charge in [-0.25, -0.2) is 0 Å². The van der Waals surface area contributed by atoms with Crippen LogP contribution in [0, 0.1) is 0 Å². The second-order valence-electron chi connectivity index (χ2n) is 6.28. The first-order valence-corrected chi connectivity index (χ1v) is 8.47. The molecule has 1 aliphatic heterocycles. The number of carbonyl (C=O) groups excluding carboxylic acids is 1. The van der Waals surface area contributed by atoms with E-state index in [4.69, 9.17) is 0 Å². The molecule has 3 heterocycles. The fourth-order valence-corrected chi connectivity index (χ4v) is 3.29. The van der Waals surface area contributed by atoms with Crippen molar-refractivity contribution < 1.29 is 4.79 Å². The molecule has 1 saturated heterocycles. The van der Waals surface area contributed by atoms with Crippen molar-refractivity contribution in [2.75, 3.05) is 13.1 Å². The van der Waals surface area contributed by atoms with E-state index in [-0.39, 0.29) is 11.9 Å². The Labute approximate surface area is 145 Å². The van der Waals surface area contributed by atoms with Gasteiger partial charge in [0.05, 0.1) is 24.1 Å². The average Bonchev–Trinajstić information content (AvgIpc) is 3.32. The minimum absolute atomic E-state index is 0.0315. The van der Waals surface area contributed by atoms with E-state index in [2.05, 4.69) is 15.3 Å². The number of carbonyl (C=O) groups is 1. The summed E-state index contributed by atoms with van der Waals surface area (Å²) >= 11 is 0. The number of amides is 1. The van der Waals surface area contributed by atoms with Gasteiger partial charge in [0, 0.05) is 25.7 Å². The van der Waals surface area contributed by atoms with Crippen LogP contribution in [0.15, 0.2) is 48.8 Å². The second-order valence-corrected chi connectivity index (χ2v) is 6.28. The van der Waals surface area contributed by atoms with Gasteiger partial charge in [-0.3, -0.25) is 9.48 Å². The molecule has 0 spiro atoms. The Morgan fingerprint density at radius 1 is 1.08 bits per heavy atom. The van der Waals surface area contributed by atoms with Crippen molar-refractivity contribution in [2.45, 2.75) is 18.9 Å². The highest BCUT2D eigenvalue weighted by Crippen LogP contribution is 2.24. The zero-order chi connectivity index (χ0) is 17.2. The molecule has 0 N–H and O–H groups in total. The second kappa shape index (κ2) is 6.51. The third kappa shape index (κ3) is 3.05. The van der Waals surface area contributed by atoms with Crippen LogP contribution in [0.3, 0.4) is 0 Å². The summed E-state index contributed by atoms with van der Waals surface area (Å²) in [4.78, 5) is 16.5. The highest BCUT2D eigenvalue weighted by Gasteiger charge is 2.27. The maximum atomic E-state index is 12.9. The van der Waals surface area contributed by atoms with E-state index >= 15 is 0 Å². The molecular weight excluding hydrogens is 316 g/mol. The molecule has 0 radical (unpaired) electrons. The van der Waals surface area contributed by atoms with Gasteiger partial charge in [-0.05, 0) is 18.9 Å². The lowest BCUT2D eigenvalue weighted by Gasteiger charge is -2.31. The van der Waals surface area contributed by atoms with Gasteiger partial charge in [-0.2, -0.15) is 20.1 Å². The van der Waals surface area contributed by atoms with Gasteiger partial charge in [0.1, 0.15) is 5.69 Å². The summed E-state index contributed by atoms with van der Waals surface area (Å²) < 4.78 is 1.67. The van der Waals surface area contributed by atoms with Crippen molar-refractivity contribution in [1.82, 2.24) is 29.7 Å². The lowest BCUT2D eigenvalue weighted by Crippen LogP contribution is -2.40. The first-order valence-electron chi connectivity index (χ1n) is 8.47. The molecule has 3 aromatic rings. The molecule has 25 heavy (non-hydrogen) atoms. The van der Waals surface area contributed by atoms with Crippen LogP contribution in [0.5, 0.6) is 0 Å². The van der Waals surface area contributed by atoms with Crippen molar-refractivity contribution in [3.05, 3.63) is 54.5 Å². The minimum atomic E-state index is 0.0315. The van der Waals surface area contributed by atoms with E-state index in [0.29, 0.717) is 18.8 Å². The van der Waals surface area contributed by atoms with Crippen molar-refractivity contribution in [3.8, 4) is 11.3 Å². The average molecular weight is 336 g/mol. The van der Waals surface area contributed by atoms with Crippen LogP contribution >= 0.6 is 0 Å². The Morgan fingerprint density at radius 2 is 1.76 bits per heavy atom. The van der Waals surface area contributed by atoms with Crippen molar-refractivity contribution >= 4 is 5.91 Å². The summed E-state index contributed by atoms with van der Waals surface area (Å²) in [6.07, 6.45) is 5.12. The maximum Gasteiger partial charge on any atom is 0.272 e. The third-order valence-electron chi connectivity index (χ3n) is 4.68. The van der Waals surface area contributed by atoms with E-state index in [1.807, 2.05) is 48.3 Å². The lowest BCUT2D eigenvalue weighted by molar-refractivity contribution is 0.0672. The van der Waals surface area contributed by atoms with Gasteiger partial charge >= 0.3 is 0 Å². The van der Waals surface area contributed by atoms with Crippen molar-refractivity contribution in [2.24, 2.45) is 7.05 Å². The first kappa shape index (κ1) is 15.6. The number of rotatable bonds is 3. The highest BCUT2D eigenvalue weighted by molar-refractivity contribution is 5.93. The Balaban J connectivity index is 1.48. The molecule has 128 valence electrons. The fourth-order valence-electron chi connectivity index (χ4n) is 3.29. The predicted molar refractivity (Wildman–Crippen MR) is 92.8 cm³/mol. The van der Waals surface area contributed by atoms with Crippen LogP contribution in [-0.2, 0) is 7.05 Å². The number of benzene rings is 1. The number of hydrogen-bond acceptors (Lipinski definition) is 4. The smallest absolute Gasteiger partial charge is 0.272 e. The molecule has 0 aliphatic carbocycles. The third-order valence-corrected chi connectivity index (χ3v) is 4.68. The van der Waals surface area contributed by atoms with Gasteiger partial charge in [-0.15, -0.1) is 0 Å². The minimum Gasteiger partial charge on any atom is -0.337 e. The molecule has 2 aromatic heterocycles. The van der Waals surface area contributed by atoms with Gasteiger partial charge in [-0.1, -0.05) is 30.3 Å². The Morgan fingerprint density at radius 3 is 2.44 bits per heavy atom. The molecular formula is C18H20N6O. The molecule has 0 saturated carbocycles. The van der Waals surface area contributed by atoms with Crippen LogP contribution in [0.1, 0.15) is 29.4 Å². The highest BCUT2D eigenvalue weighted by atomic mass is 16.2. The molecule has 1 fully saturated rings. The zero-order valence-corrected chi connectivity index (χ0v) is 14.1. The van der Waals surface area contributed by atoms with Crippen LogP contribution in [0.25, 0.3) is 11.3 Å². The SMILES string of the molecule is Cn1nc(-c2ccccc2)cc1C(=O)N1CCC(n2nccn2)CC1. The van der Waals surface area contributed by atoms with Gasteiger partial charge in [0.25, 0.3) is 5.91 Å². The Kier molecular flexibility index (Phi) is 4.05. The predicted octanol–water partition coefficient (Wildman–Crippen LogP) is 2.16. The van der Waals surface area contributed by atoms with Crippen molar-refractivity contribution in [1.29, 1.82) is 0 Å². The van der Waals surface area contributed by atoms with Crippen LogP contribution in [-0.4, -0.2) is 48.7 Å². The quantitative estimate of drug-likeness (QED) is 0.735. The first-order chi connectivity index (χ1) is 12.2. The largest absolute Gasteiger partial charge is 0.337 e. The Bertz CT molecular complexity index is 847. The number of nitrogens with zero attached hydrogens (tertiary/aromatic N) is 6. The molecule has 1 amide bonds. The topological polar surface area (TPSA) is 68.8 Å².